The average Bonchev–Trinajstić information content (AvgIpc) is 2.90. The van der Waals surface area contributed by atoms with Gasteiger partial charge in [-0.1, -0.05) is 19.1 Å². The molecule has 1 unspecified atom stereocenters. The Labute approximate surface area is 122 Å². The molecule has 3 rings (SSSR count). The van der Waals surface area contributed by atoms with E-state index in [2.05, 4.69) is 46.5 Å². The lowest BCUT2D eigenvalue weighted by Gasteiger charge is -2.17. The fourth-order valence-corrected chi connectivity index (χ4v) is 3.26. The third-order valence-electron chi connectivity index (χ3n) is 3.29. The summed E-state index contributed by atoms with van der Waals surface area (Å²) in [5, 5.41) is 5.82. The quantitative estimate of drug-likeness (QED) is 0.793. The lowest BCUT2D eigenvalue weighted by molar-refractivity contribution is 0.639. The smallest absolute Gasteiger partial charge is 0.0897 e. The van der Waals surface area contributed by atoms with Gasteiger partial charge in [0.2, 0.25) is 0 Å². The van der Waals surface area contributed by atoms with Crippen LogP contribution in [-0.4, -0.2) is 16.5 Å². The van der Waals surface area contributed by atoms with Crippen molar-refractivity contribution in [2.45, 2.75) is 19.9 Å². The molecule has 1 atom stereocenters. The molecule has 102 valence electrons. The molecule has 4 heteroatoms. The van der Waals surface area contributed by atoms with Gasteiger partial charge in [-0.25, -0.2) is 4.98 Å². The zero-order chi connectivity index (χ0) is 13.9. The minimum Gasteiger partial charge on any atom is -0.306 e. The van der Waals surface area contributed by atoms with Gasteiger partial charge in [-0.15, -0.1) is 11.3 Å². The van der Waals surface area contributed by atoms with Crippen molar-refractivity contribution in [2.75, 3.05) is 6.54 Å². The van der Waals surface area contributed by atoms with E-state index in [9.17, 15) is 0 Å². The second-order valence-corrected chi connectivity index (χ2v) is 5.99. The molecule has 2 aromatic heterocycles. The van der Waals surface area contributed by atoms with Crippen LogP contribution in [0.2, 0.25) is 0 Å². The molecule has 0 saturated carbocycles. The van der Waals surface area contributed by atoms with Crippen LogP contribution in [0, 0.1) is 6.92 Å². The van der Waals surface area contributed by atoms with Gasteiger partial charge in [0.25, 0.3) is 0 Å². The maximum atomic E-state index is 4.37. The third kappa shape index (κ3) is 2.57. The molecule has 0 aliphatic rings. The number of hydrogen-bond donors (Lipinski definition) is 1. The summed E-state index contributed by atoms with van der Waals surface area (Å²) in [7, 11) is 0. The van der Waals surface area contributed by atoms with E-state index in [1.54, 1.807) is 11.3 Å². The Morgan fingerprint density at radius 1 is 1.25 bits per heavy atom. The zero-order valence-corrected chi connectivity index (χ0v) is 12.4. The number of rotatable bonds is 4. The largest absolute Gasteiger partial charge is 0.306 e. The molecule has 1 aromatic carbocycles. The Kier molecular flexibility index (Phi) is 3.76. The number of benzene rings is 1. The number of fused-ring (bicyclic) bond motifs is 1. The molecular formula is C16H17N3S. The normalized spacial score (nSPS) is 12.7. The Morgan fingerprint density at radius 3 is 2.90 bits per heavy atom. The highest BCUT2D eigenvalue weighted by atomic mass is 32.1. The van der Waals surface area contributed by atoms with Crippen LogP contribution in [0.4, 0.5) is 0 Å². The van der Waals surface area contributed by atoms with Gasteiger partial charge in [0.05, 0.1) is 16.6 Å². The Hall–Kier alpha value is -1.78. The Morgan fingerprint density at radius 2 is 2.15 bits per heavy atom. The Bertz CT molecular complexity index is 720. The minimum absolute atomic E-state index is 0.204. The van der Waals surface area contributed by atoms with Crippen molar-refractivity contribution in [1.82, 2.24) is 15.3 Å². The first kappa shape index (κ1) is 13.2. The van der Waals surface area contributed by atoms with Crippen molar-refractivity contribution in [2.24, 2.45) is 0 Å². The third-order valence-corrected chi connectivity index (χ3v) is 4.27. The van der Waals surface area contributed by atoms with Gasteiger partial charge in [-0.2, -0.15) is 0 Å². The van der Waals surface area contributed by atoms with Crippen molar-refractivity contribution in [3.63, 3.8) is 0 Å². The van der Waals surface area contributed by atoms with Gasteiger partial charge < -0.3 is 5.32 Å². The lowest BCUT2D eigenvalue weighted by Crippen LogP contribution is -2.21. The van der Waals surface area contributed by atoms with E-state index in [1.807, 2.05) is 25.4 Å². The highest BCUT2D eigenvalue weighted by Gasteiger charge is 2.15. The average molecular weight is 283 g/mol. The van der Waals surface area contributed by atoms with E-state index in [0.29, 0.717) is 0 Å². The summed E-state index contributed by atoms with van der Waals surface area (Å²) in [6.45, 7) is 5.09. The predicted molar refractivity (Wildman–Crippen MR) is 84.1 cm³/mol. The highest BCUT2D eigenvalue weighted by Crippen LogP contribution is 2.28. The standard InChI is InChI=1S/C16H17N3S/c1-3-17-16(15-10-19-11(2)20-15)13-6-7-14-12(9-13)5-4-8-18-14/h4-10,16-17H,3H2,1-2H3. The fraction of sp³-hybridized carbons (Fsp3) is 0.250. The maximum Gasteiger partial charge on any atom is 0.0897 e. The number of aryl methyl sites for hydroxylation is 1. The number of thiazole rings is 1. The van der Waals surface area contributed by atoms with Gasteiger partial charge in [-0.05, 0) is 37.2 Å². The van der Waals surface area contributed by atoms with Crippen molar-refractivity contribution < 1.29 is 0 Å². The van der Waals surface area contributed by atoms with Crippen LogP contribution >= 0.6 is 11.3 Å². The molecule has 2 heterocycles. The minimum atomic E-state index is 0.204. The van der Waals surface area contributed by atoms with Crippen LogP contribution in [0.25, 0.3) is 10.9 Å². The molecule has 0 aliphatic heterocycles. The van der Waals surface area contributed by atoms with Gasteiger partial charge in [0.1, 0.15) is 0 Å². The van der Waals surface area contributed by atoms with E-state index < -0.39 is 0 Å². The first-order chi connectivity index (χ1) is 9.78. The van der Waals surface area contributed by atoms with Gasteiger partial charge in [0.15, 0.2) is 0 Å². The summed E-state index contributed by atoms with van der Waals surface area (Å²) in [5.41, 5.74) is 2.29. The molecular weight excluding hydrogens is 266 g/mol. The van der Waals surface area contributed by atoms with E-state index in [-0.39, 0.29) is 6.04 Å². The molecule has 0 aliphatic carbocycles. The number of hydrogen-bond acceptors (Lipinski definition) is 4. The molecule has 1 N–H and O–H groups in total. The van der Waals surface area contributed by atoms with Crippen molar-refractivity contribution in [3.05, 3.63) is 58.2 Å². The summed E-state index contributed by atoms with van der Waals surface area (Å²) >= 11 is 1.75. The van der Waals surface area contributed by atoms with Crippen molar-refractivity contribution >= 4 is 22.2 Å². The fourth-order valence-electron chi connectivity index (χ4n) is 2.37. The van der Waals surface area contributed by atoms with E-state index in [0.717, 1.165) is 17.1 Å². The number of pyridine rings is 1. The lowest BCUT2D eigenvalue weighted by atomic mass is 10.0. The van der Waals surface area contributed by atoms with Gasteiger partial charge in [0, 0.05) is 22.7 Å². The van der Waals surface area contributed by atoms with Crippen molar-refractivity contribution in [3.8, 4) is 0 Å². The van der Waals surface area contributed by atoms with Crippen LogP contribution in [-0.2, 0) is 0 Å². The summed E-state index contributed by atoms with van der Waals surface area (Å²) in [6.07, 6.45) is 3.80. The van der Waals surface area contributed by atoms with Crippen LogP contribution < -0.4 is 5.32 Å². The van der Waals surface area contributed by atoms with Crippen LogP contribution in [0.3, 0.4) is 0 Å². The molecule has 0 spiro atoms. The zero-order valence-electron chi connectivity index (χ0n) is 11.6. The summed E-state index contributed by atoms with van der Waals surface area (Å²) in [4.78, 5) is 10.0. The summed E-state index contributed by atoms with van der Waals surface area (Å²) in [5.74, 6) is 0. The molecule has 0 saturated heterocycles. The molecule has 0 radical (unpaired) electrons. The van der Waals surface area contributed by atoms with Crippen molar-refractivity contribution in [1.29, 1.82) is 0 Å². The first-order valence-corrected chi connectivity index (χ1v) is 7.60. The second kappa shape index (κ2) is 5.69. The van der Waals surface area contributed by atoms with Gasteiger partial charge in [-0.3, -0.25) is 4.98 Å². The number of nitrogens with zero attached hydrogens (tertiary/aromatic N) is 2. The van der Waals surface area contributed by atoms with E-state index >= 15 is 0 Å². The number of aromatic nitrogens is 2. The Balaban J connectivity index is 2.04. The highest BCUT2D eigenvalue weighted by molar-refractivity contribution is 7.11. The van der Waals surface area contributed by atoms with Crippen LogP contribution in [0.15, 0.2) is 42.7 Å². The second-order valence-electron chi connectivity index (χ2n) is 4.73. The predicted octanol–water partition coefficient (Wildman–Crippen LogP) is 3.70. The molecule has 0 fully saturated rings. The summed E-state index contributed by atoms with van der Waals surface area (Å²) in [6, 6.07) is 10.7. The topological polar surface area (TPSA) is 37.8 Å². The SMILES string of the molecule is CCNC(c1ccc2ncccc2c1)c1cnc(C)s1. The van der Waals surface area contributed by atoms with Gasteiger partial charge >= 0.3 is 0 Å². The van der Waals surface area contributed by atoms with E-state index in [4.69, 9.17) is 0 Å². The monoisotopic (exact) mass is 283 g/mol. The molecule has 20 heavy (non-hydrogen) atoms. The molecule has 0 amide bonds. The summed E-state index contributed by atoms with van der Waals surface area (Å²) < 4.78 is 0. The first-order valence-electron chi connectivity index (χ1n) is 6.78. The molecule has 3 nitrogen and oxygen atoms in total. The molecule has 3 aromatic rings. The van der Waals surface area contributed by atoms with Crippen LogP contribution in [0.5, 0.6) is 0 Å². The maximum absolute atomic E-state index is 4.37. The molecule has 0 bridgehead atoms. The number of nitrogens with one attached hydrogen (secondary N) is 1. The van der Waals surface area contributed by atoms with Crippen LogP contribution in [0.1, 0.15) is 28.4 Å². The van der Waals surface area contributed by atoms with E-state index in [1.165, 1.54) is 15.8 Å².